The molecule has 1 aliphatic carbocycles. The van der Waals surface area contributed by atoms with Crippen molar-refractivity contribution in [3.8, 4) is 0 Å². The molecule has 0 bridgehead atoms. The predicted octanol–water partition coefficient (Wildman–Crippen LogP) is 3.83. The van der Waals surface area contributed by atoms with Crippen LogP contribution in [0.15, 0.2) is 23.4 Å². The molecule has 0 spiro atoms. The number of allylic oxidation sites excluding steroid dienone is 3. The van der Waals surface area contributed by atoms with Crippen molar-refractivity contribution in [1.82, 2.24) is 4.90 Å². The molecule has 86 valence electrons. The zero-order valence-electron chi connectivity index (χ0n) is 11.1. The molecule has 0 aromatic heterocycles. The minimum atomic E-state index is 0.342. The highest BCUT2D eigenvalue weighted by molar-refractivity contribution is 5.32. The Balaban J connectivity index is 2.96. The van der Waals surface area contributed by atoms with Crippen molar-refractivity contribution >= 4 is 0 Å². The highest BCUT2D eigenvalue weighted by Crippen LogP contribution is 2.43. The van der Waals surface area contributed by atoms with E-state index >= 15 is 0 Å². The van der Waals surface area contributed by atoms with Crippen LogP contribution in [0.1, 0.15) is 40.5 Å². The van der Waals surface area contributed by atoms with Crippen LogP contribution in [0.5, 0.6) is 0 Å². The molecule has 1 rings (SSSR count). The summed E-state index contributed by atoms with van der Waals surface area (Å²) in [7, 11) is 4.15. The maximum Gasteiger partial charge on any atom is 0.00556 e. The summed E-state index contributed by atoms with van der Waals surface area (Å²) in [4.78, 5) is 2.11. The molecular formula is C14H25N. The molecule has 0 fully saturated rings. The molecule has 0 aromatic carbocycles. The van der Waals surface area contributed by atoms with Gasteiger partial charge in [-0.15, -0.1) is 0 Å². The summed E-state index contributed by atoms with van der Waals surface area (Å²) in [5.41, 5.74) is 3.44. The highest BCUT2D eigenvalue weighted by Gasteiger charge is 2.30. The molecule has 1 atom stereocenters. The van der Waals surface area contributed by atoms with Gasteiger partial charge >= 0.3 is 0 Å². The van der Waals surface area contributed by atoms with Crippen LogP contribution >= 0.6 is 0 Å². The molecule has 0 radical (unpaired) electrons. The van der Waals surface area contributed by atoms with Gasteiger partial charge in [0.2, 0.25) is 0 Å². The fourth-order valence-electron chi connectivity index (χ4n) is 2.86. The standard InChI is InChI=1S/C14H25N/c1-11-9-12(2)13(7-8-15(5)6)14(3,4)10-11/h7-8,11H,9-10H2,1-6H3. The first-order chi connectivity index (χ1) is 6.83. The Labute approximate surface area is 94.9 Å². The quantitative estimate of drug-likeness (QED) is 0.665. The van der Waals surface area contributed by atoms with Gasteiger partial charge in [-0.3, -0.25) is 0 Å². The van der Waals surface area contributed by atoms with Gasteiger partial charge in [-0.1, -0.05) is 26.3 Å². The van der Waals surface area contributed by atoms with Gasteiger partial charge in [0, 0.05) is 14.1 Å². The van der Waals surface area contributed by atoms with E-state index in [-0.39, 0.29) is 0 Å². The average molecular weight is 207 g/mol. The van der Waals surface area contributed by atoms with E-state index in [1.165, 1.54) is 18.4 Å². The van der Waals surface area contributed by atoms with Crippen LogP contribution in [0.3, 0.4) is 0 Å². The minimum absolute atomic E-state index is 0.342. The number of rotatable bonds is 2. The summed E-state index contributed by atoms with van der Waals surface area (Å²) in [6.45, 7) is 9.37. The number of nitrogens with zero attached hydrogens (tertiary/aromatic N) is 1. The molecule has 1 unspecified atom stereocenters. The summed E-state index contributed by atoms with van der Waals surface area (Å²) in [5, 5.41) is 0. The van der Waals surface area contributed by atoms with E-state index in [1.807, 2.05) is 0 Å². The number of hydrogen-bond donors (Lipinski definition) is 0. The zero-order chi connectivity index (χ0) is 11.6. The van der Waals surface area contributed by atoms with E-state index in [4.69, 9.17) is 0 Å². The molecule has 0 aromatic rings. The molecule has 1 heteroatoms. The van der Waals surface area contributed by atoms with Crippen molar-refractivity contribution in [2.24, 2.45) is 11.3 Å². The first-order valence-corrected chi connectivity index (χ1v) is 5.88. The monoisotopic (exact) mass is 207 g/mol. The van der Waals surface area contributed by atoms with E-state index in [0.29, 0.717) is 5.41 Å². The van der Waals surface area contributed by atoms with Gasteiger partial charge in [-0.25, -0.2) is 0 Å². The molecule has 1 nitrogen and oxygen atoms in total. The van der Waals surface area contributed by atoms with Crippen LogP contribution in [-0.4, -0.2) is 19.0 Å². The lowest BCUT2D eigenvalue weighted by Crippen LogP contribution is -2.24. The Bertz CT molecular complexity index is 282. The van der Waals surface area contributed by atoms with Gasteiger partial charge in [0.15, 0.2) is 0 Å². The van der Waals surface area contributed by atoms with E-state index in [1.54, 1.807) is 5.57 Å². The Kier molecular flexibility index (Phi) is 3.64. The molecule has 0 amide bonds. The van der Waals surface area contributed by atoms with Crippen LogP contribution in [0.4, 0.5) is 0 Å². The zero-order valence-corrected chi connectivity index (χ0v) is 11.1. The van der Waals surface area contributed by atoms with Crippen LogP contribution in [0.2, 0.25) is 0 Å². The van der Waals surface area contributed by atoms with E-state index in [0.717, 1.165) is 5.92 Å². The van der Waals surface area contributed by atoms with Gasteiger partial charge in [0.25, 0.3) is 0 Å². The summed E-state index contributed by atoms with van der Waals surface area (Å²) in [6.07, 6.45) is 7.02. The average Bonchev–Trinajstić information content (AvgIpc) is 1.98. The van der Waals surface area contributed by atoms with E-state index in [9.17, 15) is 0 Å². The fraction of sp³-hybridized carbons (Fsp3) is 0.714. The van der Waals surface area contributed by atoms with Crippen molar-refractivity contribution < 1.29 is 0 Å². The Morgan fingerprint density at radius 1 is 1.33 bits per heavy atom. The lowest BCUT2D eigenvalue weighted by molar-refractivity contribution is 0.306. The maximum atomic E-state index is 2.36. The van der Waals surface area contributed by atoms with Crippen LogP contribution < -0.4 is 0 Å². The second-order valence-corrected chi connectivity index (χ2v) is 5.87. The topological polar surface area (TPSA) is 3.24 Å². The van der Waals surface area contributed by atoms with Gasteiger partial charge < -0.3 is 4.90 Å². The third-order valence-corrected chi connectivity index (χ3v) is 3.24. The van der Waals surface area contributed by atoms with Gasteiger partial charge in [0.1, 0.15) is 0 Å². The van der Waals surface area contributed by atoms with E-state index < -0.39 is 0 Å². The first-order valence-electron chi connectivity index (χ1n) is 5.88. The molecule has 0 heterocycles. The van der Waals surface area contributed by atoms with Crippen molar-refractivity contribution in [2.75, 3.05) is 14.1 Å². The molecule has 1 aliphatic rings. The second kappa shape index (κ2) is 4.42. The molecule has 15 heavy (non-hydrogen) atoms. The van der Waals surface area contributed by atoms with Crippen molar-refractivity contribution in [2.45, 2.75) is 40.5 Å². The Morgan fingerprint density at radius 2 is 1.93 bits per heavy atom. The second-order valence-electron chi connectivity index (χ2n) is 5.87. The van der Waals surface area contributed by atoms with Gasteiger partial charge in [-0.05, 0) is 48.9 Å². The largest absolute Gasteiger partial charge is 0.383 e. The molecule has 0 saturated carbocycles. The van der Waals surface area contributed by atoms with Crippen LogP contribution in [0.25, 0.3) is 0 Å². The van der Waals surface area contributed by atoms with Crippen molar-refractivity contribution in [3.05, 3.63) is 23.4 Å². The lowest BCUT2D eigenvalue weighted by atomic mass is 9.69. The number of hydrogen-bond acceptors (Lipinski definition) is 1. The fourth-order valence-corrected chi connectivity index (χ4v) is 2.86. The van der Waals surface area contributed by atoms with Gasteiger partial charge in [0.05, 0.1) is 0 Å². The minimum Gasteiger partial charge on any atom is -0.383 e. The smallest absolute Gasteiger partial charge is 0.00556 e. The summed E-state index contributed by atoms with van der Waals surface area (Å²) in [6, 6.07) is 0. The third-order valence-electron chi connectivity index (χ3n) is 3.24. The first kappa shape index (κ1) is 12.4. The van der Waals surface area contributed by atoms with E-state index in [2.05, 4.69) is 59.0 Å². The summed E-state index contributed by atoms with van der Waals surface area (Å²) < 4.78 is 0. The molecule has 0 saturated heterocycles. The van der Waals surface area contributed by atoms with Gasteiger partial charge in [-0.2, -0.15) is 0 Å². The van der Waals surface area contributed by atoms with Crippen molar-refractivity contribution in [3.63, 3.8) is 0 Å². The SMILES string of the molecule is CC1=C(C=CN(C)C)C(C)(C)CC(C)C1. The van der Waals surface area contributed by atoms with Crippen LogP contribution in [-0.2, 0) is 0 Å². The normalized spacial score (nSPS) is 26.1. The Hall–Kier alpha value is -0.720. The summed E-state index contributed by atoms with van der Waals surface area (Å²) in [5.74, 6) is 0.830. The third kappa shape index (κ3) is 3.12. The maximum absolute atomic E-state index is 2.36. The predicted molar refractivity (Wildman–Crippen MR) is 67.7 cm³/mol. The molecule has 0 aliphatic heterocycles. The molecule has 0 N–H and O–H groups in total. The molecular weight excluding hydrogens is 182 g/mol. The lowest BCUT2D eigenvalue weighted by Gasteiger charge is -2.36. The van der Waals surface area contributed by atoms with Crippen LogP contribution in [0, 0.1) is 11.3 Å². The van der Waals surface area contributed by atoms with Crippen molar-refractivity contribution in [1.29, 1.82) is 0 Å². The summed E-state index contributed by atoms with van der Waals surface area (Å²) >= 11 is 0. The highest BCUT2D eigenvalue weighted by atomic mass is 15.0. The Morgan fingerprint density at radius 3 is 2.40 bits per heavy atom.